The van der Waals surface area contributed by atoms with Crippen molar-refractivity contribution in [2.45, 2.75) is 0 Å². The Bertz CT molecular complexity index is 620. The van der Waals surface area contributed by atoms with E-state index in [1.54, 1.807) is 31.4 Å². The third-order valence-electron chi connectivity index (χ3n) is 2.73. The Balaban J connectivity index is 1.83. The van der Waals surface area contributed by atoms with Crippen molar-refractivity contribution in [3.8, 4) is 11.5 Å². The number of rotatable bonds is 6. The van der Waals surface area contributed by atoms with E-state index >= 15 is 0 Å². The van der Waals surface area contributed by atoms with Crippen molar-refractivity contribution < 1.29 is 9.47 Å². The fraction of sp³-hybridized carbons (Fsp3) is 0.200. The van der Waals surface area contributed by atoms with Crippen LogP contribution in [0.15, 0.2) is 36.4 Å². The maximum atomic E-state index is 6.05. The Kier molecular flexibility index (Phi) is 5.85. The van der Waals surface area contributed by atoms with Crippen molar-refractivity contribution in [3.05, 3.63) is 51.5 Å². The molecule has 0 saturated heterocycles. The molecular formula is C15H14Cl3NO2. The van der Waals surface area contributed by atoms with Gasteiger partial charge in [-0.2, -0.15) is 0 Å². The third kappa shape index (κ3) is 4.60. The van der Waals surface area contributed by atoms with E-state index in [-0.39, 0.29) is 0 Å². The average Bonchev–Trinajstić information content (AvgIpc) is 2.45. The zero-order valence-electron chi connectivity index (χ0n) is 11.3. The monoisotopic (exact) mass is 345 g/mol. The highest BCUT2D eigenvalue weighted by atomic mass is 35.5. The van der Waals surface area contributed by atoms with Crippen molar-refractivity contribution in [1.82, 2.24) is 0 Å². The fourth-order valence-electron chi connectivity index (χ4n) is 1.72. The van der Waals surface area contributed by atoms with E-state index in [0.29, 0.717) is 39.7 Å². The van der Waals surface area contributed by atoms with Gasteiger partial charge in [-0.3, -0.25) is 0 Å². The first kappa shape index (κ1) is 16.1. The van der Waals surface area contributed by atoms with Gasteiger partial charge in [0.1, 0.15) is 18.1 Å². The van der Waals surface area contributed by atoms with E-state index in [9.17, 15) is 0 Å². The Morgan fingerprint density at radius 1 is 0.952 bits per heavy atom. The summed E-state index contributed by atoms with van der Waals surface area (Å²) in [4.78, 5) is 0. The van der Waals surface area contributed by atoms with Crippen molar-refractivity contribution in [3.63, 3.8) is 0 Å². The third-order valence-corrected chi connectivity index (χ3v) is 3.56. The summed E-state index contributed by atoms with van der Waals surface area (Å²) in [6.45, 7) is 1.08. The predicted molar refractivity (Wildman–Crippen MR) is 88.5 cm³/mol. The molecule has 0 atom stereocenters. The minimum Gasteiger partial charge on any atom is -0.495 e. The smallest absolute Gasteiger partial charge is 0.138 e. The molecule has 2 rings (SSSR count). The quantitative estimate of drug-likeness (QED) is 0.734. The van der Waals surface area contributed by atoms with E-state index in [0.717, 1.165) is 5.69 Å². The standard InChI is InChI=1S/C15H14Cl3NO2/c1-20-14-5-3-11(9-13(14)18)19-6-7-21-15-4-2-10(16)8-12(15)17/h2-5,8-9,19H,6-7H2,1H3. The van der Waals surface area contributed by atoms with Gasteiger partial charge in [-0.15, -0.1) is 0 Å². The van der Waals surface area contributed by atoms with E-state index in [1.807, 2.05) is 12.1 Å². The SMILES string of the molecule is COc1ccc(NCCOc2ccc(Cl)cc2Cl)cc1Cl. The van der Waals surface area contributed by atoms with Crippen LogP contribution in [0.3, 0.4) is 0 Å². The molecule has 0 bridgehead atoms. The van der Waals surface area contributed by atoms with Gasteiger partial charge in [0.15, 0.2) is 0 Å². The number of benzene rings is 2. The predicted octanol–water partition coefficient (Wildman–Crippen LogP) is 5.15. The Hall–Kier alpha value is -1.29. The van der Waals surface area contributed by atoms with Gasteiger partial charge < -0.3 is 14.8 Å². The number of hydrogen-bond donors (Lipinski definition) is 1. The maximum Gasteiger partial charge on any atom is 0.138 e. The average molecular weight is 347 g/mol. The lowest BCUT2D eigenvalue weighted by Gasteiger charge is -2.11. The van der Waals surface area contributed by atoms with Crippen LogP contribution in [-0.2, 0) is 0 Å². The molecule has 0 spiro atoms. The Morgan fingerprint density at radius 2 is 1.67 bits per heavy atom. The molecule has 2 aromatic rings. The highest BCUT2D eigenvalue weighted by Crippen LogP contribution is 2.28. The minimum atomic E-state index is 0.463. The van der Waals surface area contributed by atoms with Gasteiger partial charge in [0.2, 0.25) is 0 Å². The van der Waals surface area contributed by atoms with Gasteiger partial charge in [0.05, 0.1) is 17.2 Å². The van der Waals surface area contributed by atoms with Crippen LogP contribution in [-0.4, -0.2) is 20.3 Å². The van der Waals surface area contributed by atoms with Crippen LogP contribution in [0, 0.1) is 0 Å². The van der Waals surface area contributed by atoms with Crippen LogP contribution >= 0.6 is 34.8 Å². The second kappa shape index (κ2) is 7.64. The molecule has 0 aromatic heterocycles. The molecule has 0 unspecified atom stereocenters. The number of hydrogen-bond acceptors (Lipinski definition) is 3. The second-order valence-electron chi connectivity index (χ2n) is 4.20. The van der Waals surface area contributed by atoms with Crippen LogP contribution in [0.4, 0.5) is 5.69 Å². The number of anilines is 1. The maximum absolute atomic E-state index is 6.05. The summed E-state index contributed by atoms with van der Waals surface area (Å²) in [5.41, 5.74) is 0.895. The van der Waals surface area contributed by atoms with E-state index < -0.39 is 0 Å². The Labute approximate surface area is 138 Å². The molecule has 2 aromatic carbocycles. The zero-order valence-corrected chi connectivity index (χ0v) is 13.6. The first-order valence-electron chi connectivity index (χ1n) is 6.25. The molecule has 0 heterocycles. The summed E-state index contributed by atoms with van der Waals surface area (Å²) in [7, 11) is 1.58. The lowest BCUT2D eigenvalue weighted by Crippen LogP contribution is -2.11. The van der Waals surface area contributed by atoms with Crippen LogP contribution < -0.4 is 14.8 Å². The van der Waals surface area contributed by atoms with Gasteiger partial charge in [-0.1, -0.05) is 34.8 Å². The van der Waals surface area contributed by atoms with E-state index in [2.05, 4.69) is 5.32 Å². The van der Waals surface area contributed by atoms with Gasteiger partial charge in [-0.25, -0.2) is 0 Å². The summed E-state index contributed by atoms with van der Waals surface area (Å²) in [5, 5.41) is 4.84. The van der Waals surface area contributed by atoms with Crippen LogP contribution in [0.25, 0.3) is 0 Å². The summed E-state index contributed by atoms with van der Waals surface area (Å²) in [6, 6.07) is 10.6. The molecule has 0 aliphatic carbocycles. The molecule has 0 radical (unpaired) electrons. The highest BCUT2D eigenvalue weighted by molar-refractivity contribution is 6.35. The number of halogens is 3. The largest absolute Gasteiger partial charge is 0.495 e. The lowest BCUT2D eigenvalue weighted by molar-refractivity contribution is 0.333. The number of methoxy groups -OCH3 is 1. The highest BCUT2D eigenvalue weighted by Gasteiger charge is 2.03. The lowest BCUT2D eigenvalue weighted by atomic mass is 10.3. The van der Waals surface area contributed by atoms with Gasteiger partial charge in [0, 0.05) is 17.3 Å². The van der Waals surface area contributed by atoms with Crippen LogP contribution in [0.5, 0.6) is 11.5 Å². The minimum absolute atomic E-state index is 0.463. The number of nitrogens with one attached hydrogen (secondary N) is 1. The molecule has 0 amide bonds. The van der Waals surface area contributed by atoms with Crippen LogP contribution in [0.1, 0.15) is 0 Å². The van der Waals surface area contributed by atoms with Crippen molar-refractivity contribution in [2.75, 3.05) is 25.6 Å². The molecule has 0 saturated carbocycles. The molecule has 6 heteroatoms. The molecule has 0 fully saturated rings. The van der Waals surface area contributed by atoms with Gasteiger partial charge >= 0.3 is 0 Å². The van der Waals surface area contributed by atoms with E-state index in [1.165, 1.54) is 0 Å². The molecule has 0 aliphatic heterocycles. The van der Waals surface area contributed by atoms with Gasteiger partial charge in [0.25, 0.3) is 0 Å². The van der Waals surface area contributed by atoms with Crippen molar-refractivity contribution in [1.29, 1.82) is 0 Å². The fourth-order valence-corrected chi connectivity index (χ4v) is 2.45. The molecule has 21 heavy (non-hydrogen) atoms. The molecular weight excluding hydrogens is 333 g/mol. The first-order chi connectivity index (χ1) is 10.1. The number of ether oxygens (including phenoxy) is 2. The zero-order chi connectivity index (χ0) is 15.2. The van der Waals surface area contributed by atoms with Gasteiger partial charge in [-0.05, 0) is 36.4 Å². The molecule has 3 nitrogen and oxygen atoms in total. The molecule has 0 aliphatic rings. The molecule has 1 N–H and O–H groups in total. The summed E-state index contributed by atoms with van der Waals surface area (Å²) in [5.74, 6) is 1.25. The Morgan fingerprint density at radius 3 is 2.33 bits per heavy atom. The van der Waals surface area contributed by atoms with Crippen LogP contribution in [0.2, 0.25) is 15.1 Å². The van der Waals surface area contributed by atoms with Crippen molar-refractivity contribution >= 4 is 40.5 Å². The van der Waals surface area contributed by atoms with E-state index in [4.69, 9.17) is 44.3 Å². The summed E-state index contributed by atoms with van der Waals surface area (Å²) in [6.07, 6.45) is 0. The summed E-state index contributed by atoms with van der Waals surface area (Å²) >= 11 is 17.9. The topological polar surface area (TPSA) is 30.5 Å². The normalized spacial score (nSPS) is 10.3. The molecule has 112 valence electrons. The summed E-state index contributed by atoms with van der Waals surface area (Å²) < 4.78 is 10.7. The van der Waals surface area contributed by atoms with Crippen molar-refractivity contribution in [2.24, 2.45) is 0 Å². The second-order valence-corrected chi connectivity index (χ2v) is 5.45. The first-order valence-corrected chi connectivity index (χ1v) is 7.39.